The molecule has 1 fully saturated rings. The van der Waals surface area contributed by atoms with Crippen molar-refractivity contribution in [3.8, 4) is 0 Å². The third-order valence-electron chi connectivity index (χ3n) is 2.92. The first kappa shape index (κ1) is 12.6. The molecule has 0 aromatic carbocycles. The van der Waals surface area contributed by atoms with Crippen molar-refractivity contribution in [2.75, 3.05) is 6.61 Å². The van der Waals surface area contributed by atoms with Gasteiger partial charge in [0.15, 0.2) is 0 Å². The number of hydrogen-bond acceptors (Lipinski definition) is 3. The zero-order valence-electron chi connectivity index (χ0n) is 9.32. The highest BCUT2D eigenvalue weighted by atomic mass is 79.9. The molecule has 0 spiro atoms. The second kappa shape index (κ2) is 6.15. The van der Waals surface area contributed by atoms with E-state index in [2.05, 4.69) is 27.4 Å². The minimum Gasteiger partial charge on any atom is -0.378 e. The normalized spacial score (nSPS) is 23.2. The lowest BCUT2D eigenvalue weighted by Crippen LogP contribution is -2.31. The second-order valence-electron chi connectivity index (χ2n) is 4.42. The van der Waals surface area contributed by atoms with Crippen molar-refractivity contribution in [1.29, 1.82) is 0 Å². The summed E-state index contributed by atoms with van der Waals surface area (Å²) in [7, 11) is 0. The Hall–Kier alpha value is 0.1000. The lowest BCUT2D eigenvalue weighted by Gasteiger charge is -2.25. The van der Waals surface area contributed by atoms with E-state index in [1.807, 2.05) is 0 Å². The Kier molecular flexibility index (Phi) is 4.82. The van der Waals surface area contributed by atoms with E-state index >= 15 is 0 Å². The van der Waals surface area contributed by atoms with Crippen molar-refractivity contribution in [2.45, 2.75) is 44.2 Å². The Morgan fingerprint density at radius 1 is 1.56 bits per heavy atom. The summed E-state index contributed by atoms with van der Waals surface area (Å²) in [5, 5.41) is 2.11. The zero-order valence-corrected chi connectivity index (χ0v) is 11.7. The van der Waals surface area contributed by atoms with Crippen LogP contribution in [-0.4, -0.2) is 18.8 Å². The van der Waals surface area contributed by atoms with Gasteiger partial charge in [-0.05, 0) is 54.1 Å². The van der Waals surface area contributed by atoms with Crippen LogP contribution < -0.4 is 5.73 Å². The van der Waals surface area contributed by atoms with E-state index in [1.54, 1.807) is 11.3 Å². The SMILES string of the molecule is NC(Cc1cc(Br)cs1)CC1CCCCO1. The molecule has 0 aliphatic carbocycles. The minimum absolute atomic E-state index is 0.230. The molecular formula is C12H18BrNOS. The van der Waals surface area contributed by atoms with Crippen molar-refractivity contribution in [1.82, 2.24) is 0 Å². The maximum Gasteiger partial charge on any atom is 0.0590 e. The van der Waals surface area contributed by atoms with Gasteiger partial charge in [-0.25, -0.2) is 0 Å². The van der Waals surface area contributed by atoms with Gasteiger partial charge in [0.25, 0.3) is 0 Å². The number of nitrogens with two attached hydrogens (primary N) is 1. The zero-order chi connectivity index (χ0) is 11.4. The van der Waals surface area contributed by atoms with Crippen LogP contribution in [-0.2, 0) is 11.2 Å². The molecule has 0 radical (unpaired) electrons. The molecule has 1 saturated heterocycles. The van der Waals surface area contributed by atoms with Gasteiger partial charge >= 0.3 is 0 Å². The largest absolute Gasteiger partial charge is 0.378 e. The molecule has 2 heterocycles. The maximum absolute atomic E-state index is 6.16. The topological polar surface area (TPSA) is 35.2 Å². The van der Waals surface area contributed by atoms with Crippen molar-refractivity contribution in [2.24, 2.45) is 5.73 Å². The van der Waals surface area contributed by atoms with Crippen molar-refractivity contribution < 1.29 is 4.74 Å². The molecule has 1 aliphatic rings. The van der Waals surface area contributed by atoms with Crippen LogP contribution in [0.15, 0.2) is 15.9 Å². The van der Waals surface area contributed by atoms with E-state index in [-0.39, 0.29) is 6.04 Å². The van der Waals surface area contributed by atoms with Crippen molar-refractivity contribution in [3.63, 3.8) is 0 Å². The molecule has 0 amide bonds. The summed E-state index contributed by atoms with van der Waals surface area (Å²) in [6, 6.07) is 2.39. The second-order valence-corrected chi connectivity index (χ2v) is 6.33. The van der Waals surface area contributed by atoms with Gasteiger partial charge in [0.1, 0.15) is 0 Å². The fourth-order valence-corrected chi connectivity index (χ4v) is 3.68. The highest BCUT2D eigenvalue weighted by Crippen LogP contribution is 2.23. The van der Waals surface area contributed by atoms with Crippen LogP contribution >= 0.6 is 27.3 Å². The van der Waals surface area contributed by atoms with Crippen molar-refractivity contribution >= 4 is 27.3 Å². The Labute approximate surface area is 109 Å². The number of thiophene rings is 1. The molecule has 90 valence electrons. The van der Waals surface area contributed by atoms with Crippen molar-refractivity contribution in [3.05, 3.63) is 20.8 Å². The van der Waals surface area contributed by atoms with Gasteiger partial charge in [-0.1, -0.05) is 0 Å². The van der Waals surface area contributed by atoms with E-state index in [4.69, 9.17) is 10.5 Å². The quantitative estimate of drug-likeness (QED) is 0.926. The molecule has 2 atom stereocenters. The van der Waals surface area contributed by atoms with E-state index in [1.165, 1.54) is 24.1 Å². The molecule has 1 aliphatic heterocycles. The summed E-state index contributed by atoms with van der Waals surface area (Å²) >= 11 is 5.24. The van der Waals surface area contributed by atoms with Gasteiger partial charge in [0.2, 0.25) is 0 Å². The Morgan fingerprint density at radius 3 is 3.06 bits per heavy atom. The van der Waals surface area contributed by atoms with Crippen LogP contribution in [0, 0.1) is 0 Å². The monoisotopic (exact) mass is 303 g/mol. The third kappa shape index (κ3) is 3.84. The van der Waals surface area contributed by atoms with Crippen LogP contribution in [0.25, 0.3) is 0 Å². The fraction of sp³-hybridized carbons (Fsp3) is 0.667. The average molecular weight is 304 g/mol. The number of halogens is 1. The fourth-order valence-electron chi connectivity index (χ4n) is 2.13. The smallest absolute Gasteiger partial charge is 0.0590 e. The first-order valence-electron chi connectivity index (χ1n) is 5.84. The molecule has 4 heteroatoms. The summed E-state index contributed by atoms with van der Waals surface area (Å²) in [5.74, 6) is 0. The number of rotatable bonds is 4. The molecular weight excluding hydrogens is 286 g/mol. The van der Waals surface area contributed by atoms with Gasteiger partial charge in [0, 0.05) is 27.4 Å². The van der Waals surface area contributed by atoms with E-state index in [9.17, 15) is 0 Å². The number of hydrogen-bond donors (Lipinski definition) is 1. The molecule has 1 aromatic heterocycles. The van der Waals surface area contributed by atoms with Gasteiger partial charge in [-0.2, -0.15) is 0 Å². The summed E-state index contributed by atoms with van der Waals surface area (Å²) < 4.78 is 6.87. The summed E-state index contributed by atoms with van der Waals surface area (Å²) in [6.45, 7) is 0.919. The predicted molar refractivity (Wildman–Crippen MR) is 71.9 cm³/mol. The Balaban J connectivity index is 1.77. The van der Waals surface area contributed by atoms with Crippen LogP contribution in [0.5, 0.6) is 0 Å². The Bertz CT molecular complexity index is 323. The van der Waals surface area contributed by atoms with Crippen LogP contribution in [0.3, 0.4) is 0 Å². The summed E-state index contributed by atoms with van der Waals surface area (Å²) in [4.78, 5) is 1.36. The standard InChI is InChI=1S/C12H18BrNOS/c13-9-5-12(16-8-9)7-10(14)6-11-3-1-2-4-15-11/h5,8,10-11H,1-4,6-7,14H2. The third-order valence-corrected chi connectivity index (χ3v) is 4.64. The predicted octanol–water partition coefficient (Wildman–Crippen LogP) is 3.34. The lowest BCUT2D eigenvalue weighted by molar-refractivity contribution is 0.00751. The number of ether oxygens (including phenoxy) is 1. The molecule has 0 saturated carbocycles. The Morgan fingerprint density at radius 2 is 2.44 bits per heavy atom. The van der Waals surface area contributed by atoms with E-state index in [0.29, 0.717) is 6.10 Å². The highest BCUT2D eigenvalue weighted by Gasteiger charge is 2.17. The van der Waals surface area contributed by atoms with Gasteiger partial charge in [-0.3, -0.25) is 0 Å². The lowest BCUT2D eigenvalue weighted by atomic mass is 10.00. The molecule has 0 bridgehead atoms. The molecule has 2 N–H and O–H groups in total. The maximum atomic E-state index is 6.16. The van der Waals surface area contributed by atoms with Crippen LogP contribution in [0.4, 0.5) is 0 Å². The van der Waals surface area contributed by atoms with Gasteiger partial charge in [-0.15, -0.1) is 11.3 Å². The first-order valence-corrected chi connectivity index (χ1v) is 7.51. The van der Waals surface area contributed by atoms with E-state index < -0.39 is 0 Å². The van der Waals surface area contributed by atoms with Crippen LogP contribution in [0.2, 0.25) is 0 Å². The van der Waals surface area contributed by atoms with Gasteiger partial charge in [0.05, 0.1) is 6.10 Å². The molecule has 2 nitrogen and oxygen atoms in total. The van der Waals surface area contributed by atoms with E-state index in [0.717, 1.165) is 23.9 Å². The highest BCUT2D eigenvalue weighted by molar-refractivity contribution is 9.10. The molecule has 2 unspecified atom stereocenters. The molecule has 16 heavy (non-hydrogen) atoms. The average Bonchev–Trinajstić information content (AvgIpc) is 2.65. The van der Waals surface area contributed by atoms with Gasteiger partial charge < -0.3 is 10.5 Å². The molecule has 2 rings (SSSR count). The van der Waals surface area contributed by atoms with Crippen LogP contribution in [0.1, 0.15) is 30.6 Å². The summed E-state index contributed by atoms with van der Waals surface area (Å²) in [6.07, 6.45) is 6.05. The minimum atomic E-state index is 0.230. The first-order chi connectivity index (χ1) is 7.74. The summed E-state index contributed by atoms with van der Waals surface area (Å²) in [5.41, 5.74) is 6.16. The molecule has 1 aromatic rings.